The quantitative estimate of drug-likeness (QED) is 0.184. The monoisotopic (exact) mass is 694 g/mol. The number of aryl methyl sites for hydroxylation is 1. The maximum Gasteiger partial charge on any atom is 0.168 e. The van der Waals surface area contributed by atoms with Crippen LogP contribution in [-0.4, -0.2) is 19.5 Å². The van der Waals surface area contributed by atoms with Gasteiger partial charge in [-0.15, -0.1) is 0 Å². The van der Waals surface area contributed by atoms with Crippen molar-refractivity contribution in [3.63, 3.8) is 0 Å². The van der Waals surface area contributed by atoms with Crippen molar-refractivity contribution in [3.05, 3.63) is 168 Å². The van der Waals surface area contributed by atoms with Crippen LogP contribution < -0.4 is 0 Å². The lowest BCUT2D eigenvalue weighted by atomic mass is 9.82. The summed E-state index contributed by atoms with van der Waals surface area (Å²) in [4.78, 5) is 15.3. The summed E-state index contributed by atoms with van der Waals surface area (Å²) in [7, 11) is 0. The van der Waals surface area contributed by atoms with Gasteiger partial charge in [0.05, 0.1) is 27.7 Å². The predicted octanol–water partition coefficient (Wildman–Crippen LogP) is 12.5. The molecular weight excluding hydrogens is 661 g/mol. The molecule has 0 saturated carbocycles. The first-order valence-corrected chi connectivity index (χ1v) is 18.5. The topological polar surface area (TPSA) is 56.7 Å². The van der Waals surface area contributed by atoms with Crippen LogP contribution >= 0.6 is 0 Å². The molecule has 7 aromatic carbocycles. The maximum absolute atomic E-state index is 6.94. The van der Waals surface area contributed by atoms with Gasteiger partial charge in [-0.05, 0) is 47.4 Å². The van der Waals surface area contributed by atoms with Crippen molar-refractivity contribution in [1.82, 2.24) is 19.5 Å². The molecule has 1 aliphatic carbocycles. The number of fused-ring (bicyclic) bond motifs is 10. The van der Waals surface area contributed by atoms with Gasteiger partial charge in [-0.25, -0.2) is 15.0 Å². The van der Waals surface area contributed by atoms with Crippen molar-refractivity contribution >= 4 is 43.7 Å². The molecule has 0 saturated heterocycles. The van der Waals surface area contributed by atoms with Crippen LogP contribution in [0.4, 0.5) is 0 Å². The number of para-hydroxylation sites is 2. The lowest BCUT2D eigenvalue weighted by Gasteiger charge is -2.21. The minimum atomic E-state index is -0.134. The standard InChI is InChI=1S/C49H34N4O/c1-29-28-39(53-38-24-14-11-20-32(38)33-26-27-37-42(44(33)53)34-21-10-13-23-36(34)49(37,2)3)43-35-22-12-15-25-40(35)54-45(43)41(29)48-51-46(30-16-6-4-7-17-30)50-47(52-48)31-18-8-5-9-19-31/h4-28H,1-3H3. The second kappa shape index (κ2) is 11.3. The van der Waals surface area contributed by atoms with Crippen molar-refractivity contribution in [2.24, 2.45) is 0 Å². The van der Waals surface area contributed by atoms with Gasteiger partial charge in [0.25, 0.3) is 0 Å². The number of nitrogens with zero attached hydrogens (tertiary/aromatic N) is 4. The van der Waals surface area contributed by atoms with E-state index in [4.69, 9.17) is 19.4 Å². The number of furan rings is 1. The molecule has 0 fully saturated rings. The first-order chi connectivity index (χ1) is 26.5. The third kappa shape index (κ3) is 4.29. The third-order valence-corrected chi connectivity index (χ3v) is 11.4. The molecule has 3 aromatic heterocycles. The van der Waals surface area contributed by atoms with Crippen LogP contribution in [0.25, 0.3) is 94.7 Å². The fourth-order valence-electron chi connectivity index (χ4n) is 8.87. The Morgan fingerprint density at radius 1 is 0.537 bits per heavy atom. The molecule has 256 valence electrons. The van der Waals surface area contributed by atoms with E-state index in [9.17, 15) is 0 Å². The normalized spacial score (nSPS) is 13.2. The minimum Gasteiger partial charge on any atom is -0.455 e. The first kappa shape index (κ1) is 30.7. The first-order valence-electron chi connectivity index (χ1n) is 18.5. The maximum atomic E-state index is 6.94. The fourth-order valence-corrected chi connectivity index (χ4v) is 8.87. The molecule has 5 heteroatoms. The average molecular weight is 695 g/mol. The van der Waals surface area contributed by atoms with Gasteiger partial charge in [0.15, 0.2) is 17.5 Å². The van der Waals surface area contributed by atoms with Crippen LogP contribution in [0.15, 0.2) is 156 Å². The van der Waals surface area contributed by atoms with Gasteiger partial charge in [-0.1, -0.05) is 147 Å². The molecule has 0 bridgehead atoms. The molecular formula is C49H34N4O. The average Bonchev–Trinajstić information content (AvgIpc) is 3.84. The Hall–Kier alpha value is -6.85. The lowest BCUT2D eigenvalue weighted by molar-refractivity contribution is 0.661. The van der Waals surface area contributed by atoms with Gasteiger partial charge >= 0.3 is 0 Å². The summed E-state index contributed by atoms with van der Waals surface area (Å²) in [5.74, 6) is 1.81. The van der Waals surface area contributed by atoms with Gasteiger partial charge in [0.1, 0.15) is 11.2 Å². The molecule has 0 unspecified atom stereocenters. The predicted molar refractivity (Wildman–Crippen MR) is 220 cm³/mol. The van der Waals surface area contributed by atoms with Gasteiger partial charge in [-0.3, -0.25) is 0 Å². The number of benzene rings is 7. The Morgan fingerprint density at radius 3 is 1.89 bits per heavy atom. The van der Waals surface area contributed by atoms with Crippen LogP contribution in [0.3, 0.4) is 0 Å². The Morgan fingerprint density at radius 2 is 1.15 bits per heavy atom. The highest BCUT2D eigenvalue weighted by Gasteiger charge is 2.38. The third-order valence-electron chi connectivity index (χ3n) is 11.4. The van der Waals surface area contributed by atoms with E-state index in [0.29, 0.717) is 17.5 Å². The lowest BCUT2D eigenvalue weighted by Crippen LogP contribution is -2.14. The molecule has 0 radical (unpaired) electrons. The van der Waals surface area contributed by atoms with Crippen LogP contribution in [0.1, 0.15) is 30.5 Å². The smallest absolute Gasteiger partial charge is 0.168 e. The molecule has 54 heavy (non-hydrogen) atoms. The molecule has 3 heterocycles. The summed E-state index contributed by atoms with van der Waals surface area (Å²) < 4.78 is 9.43. The number of aromatic nitrogens is 4. The molecule has 0 amide bonds. The molecule has 5 nitrogen and oxygen atoms in total. The summed E-state index contributed by atoms with van der Waals surface area (Å²) >= 11 is 0. The number of rotatable bonds is 4. The Bertz CT molecular complexity index is 3080. The SMILES string of the molecule is Cc1cc(-n2c3ccccc3c3ccc4c(c32)-c2ccccc2C4(C)C)c2c(oc3ccccc32)c1-c1nc(-c2ccccc2)nc(-c2ccccc2)n1. The van der Waals surface area contributed by atoms with Crippen LogP contribution in [-0.2, 0) is 5.41 Å². The molecule has 0 atom stereocenters. The summed E-state index contributed by atoms with van der Waals surface area (Å²) in [5.41, 5.74) is 13.9. The van der Waals surface area contributed by atoms with E-state index in [1.807, 2.05) is 66.7 Å². The van der Waals surface area contributed by atoms with Crippen molar-refractivity contribution in [3.8, 4) is 51.0 Å². The largest absolute Gasteiger partial charge is 0.455 e. The Balaban J connectivity index is 1.27. The highest BCUT2D eigenvalue weighted by atomic mass is 16.3. The molecule has 10 aromatic rings. The molecule has 1 aliphatic rings. The molecule has 0 spiro atoms. The molecule has 11 rings (SSSR count). The van der Waals surface area contributed by atoms with Crippen LogP contribution in [0.2, 0.25) is 0 Å². The van der Waals surface area contributed by atoms with E-state index in [2.05, 4.69) is 110 Å². The zero-order valence-electron chi connectivity index (χ0n) is 30.1. The zero-order valence-corrected chi connectivity index (χ0v) is 30.1. The minimum absolute atomic E-state index is 0.134. The van der Waals surface area contributed by atoms with Gasteiger partial charge in [-0.2, -0.15) is 0 Å². The highest BCUT2D eigenvalue weighted by Crippen LogP contribution is 2.53. The Kier molecular flexibility index (Phi) is 6.45. The van der Waals surface area contributed by atoms with E-state index in [0.717, 1.165) is 55.4 Å². The summed E-state index contributed by atoms with van der Waals surface area (Å²) in [6.45, 7) is 6.84. The summed E-state index contributed by atoms with van der Waals surface area (Å²) in [6.07, 6.45) is 0. The van der Waals surface area contributed by atoms with Crippen molar-refractivity contribution in [2.75, 3.05) is 0 Å². The molecule has 0 aliphatic heterocycles. The van der Waals surface area contributed by atoms with Gasteiger partial charge in [0.2, 0.25) is 0 Å². The van der Waals surface area contributed by atoms with Crippen molar-refractivity contribution in [1.29, 1.82) is 0 Å². The van der Waals surface area contributed by atoms with E-state index in [1.165, 1.54) is 38.5 Å². The Labute approximate surface area is 312 Å². The number of hydrogen-bond acceptors (Lipinski definition) is 4. The fraction of sp³-hybridized carbons (Fsp3) is 0.0816. The van der Waals surface area contributed by atoms with E-state index < -0.39 is 0 Å². The van der Waals surface area contributed by atoms with Crippen LogP contribution in [0, 0.1) is 6.92 Å². The van der Waals surface area contributed by atoms with E-state index >= 15 is 0 Å². The second-order valence-electron chi connectivity index (χ2n) is 14.8. The van der Waals surface area contributed by atoms with Crippen molar-refractivity contribution in [2.45, 2.75) is 26.2 Å². The van der Waals surface area contributed by atoms with Crippen molar-refractivity contribution < 1.29 is 4.42 Å². The highest BCUT2D eigenvalue weighted by molar-refractivity contribution is 6.19. The van der Waals surface area contributed by atoms with E-state index in [-0.39, 0.29) is 5.41 Å². The zero-order chi connectivity index (χ0) is 36.1. The summed E-state index contributed by atoms with van der Waals surface area (Å²) in [6, 6.07) is 53.3. The summed E-state index contributed by atoms with van der Waals surface area (Å²) in [5, 5.41) is 4.53. The molecule has 0 N–H and O–H groups in total. The second-order valence-corrected chi connectivity index (χ2v) is 14.8. The number of hydrogen-bond donors (Lipinski definition) is 0. The van der Waals surface area contributed by atoms with Gasteiger partial charge in [0, 0.05) is 38.3 Å². The van der Waals surface area contributed by atoms with E-state index in [1.54, 1.807) is 0 Å². The van der Waals surface area contributed by atoms with Crippen LogP contribution in [0.5, 0.6) is 0 Å². The van der Waals surface area contributed by atoms with Gasteiger partial charge < -0.3 is 8.98 Å².